The molecule has 0 spiro atoms. The Labute approximate surface area is 138 Å². The van der Waals surface area contributed by atoms with Gasteiger partial charge in [0.1, 0.15) is 11.6 Å². The quantitative estimate of drug-likeness (QED) is 0.562. The van der Waals surface area contributed by atoms with Gasteiger partial charge >= 0.3 is 0 Å². The Balaban J connectivity index is 1.60. The lowest BCUT2D eigenvalue weighted by molar-refractivity contribution is 0.489. The first-order chi connectivity index (χ1) is 11.2. The van der Waals surface area contributed by atoms with Crippen LogP contribution in [0.1, 0.15) is 30.2 Å². The number of benzene rings is 1. The van der Waals surface area contributed by atoms with Crippen molar-refractivity contribution in [3.05, 3.63) is 41.6 Å². The molecule has 5 nitrogen and oxygen atoms in total. The van der Waals surface area contributed by atoms with Gasteiger partial charge in [-0.15, -0.1) is 0 Å². The topological polar surface area (TPSA) is 63.8 Å². The van der Waals surface area contributed by atoms with Crippen LogP contribution in [0, 0.1) is 13.8 Å². The van der Waals surface area contributed by atoms with Gasteiger partial charge in [-0.3, -0.25) is 0 Å². The van der Waals surface area contributed by atoms with E-state index in [0.29, 0.717) is 11.8 Å². The molecule has 0 aliphatic heterocycles. The molecule has 1 saturated carbocycles. The van der Waals surface area contributed by atoms with Gasteiger partial charge in [-0.25, -0.2) is 15.0 Å². The fourth-order valence-electron chi connectivity index (χ4n) is 2.38. The molecule has 3 aromatic rings. The van der Waals surface area contributed by atoms with Gasteiger partial charge in [0.25, 0.3) is 0 Å². The molecule has 0 amide bonds. The average Bonchev–Trinajstić information content (AvgIpc) is 3.30. The third-order valence-electron chi connectivity index (χ3n) is 3.90. The molecule has 1 N–H and O–H groups in total. The number of para-hydroxylation sites is 1. The first kappa shape index (κ1) is 14.5. The number of hydrogen-bond donors (Lipinski definition) is 1. The van der Waals surface area contributed by atoms with Crippen molar-refractivity contribution in [3.8, 4) is 0 Å². The number of hydrogen-bond acceptors (Lipinski definition) is 6. The first-order valence-electron chi connectivity index (χ1n) is 7.78. The zero-order valence-electron chi connectivity index (χ0n) is 13.2. The highest BCUT2D eigenvalue weighted by molar-refractivity contribution is 7.98. The van der Waals surface area contributed by atoms with E-state index in [1.54, 1.807) is 11.8 Å². The molecular weight excluding hydrogens is 308 g/mol. The van der Waals surface area contributed by atoms with Crippen LogP contribution in [0.5, 0.6) is 0 Å². The first-order valence-corrected chi connectivity index (χ1v) is 8.76. The van der Waals surface area contributed by atoms with Crippen LogP contribution in [0.4, 0.5) is 5.82 Å². The van der Waals surface area contributed by atoms with Gasteiger partial charge in [-0.1, -0.05) is 23.9 Å². The van der Waals surface area contributed by atoms with Crippen LogP contribution in [0.15, 0.2) is 33.8 Å². The number of fused-ring (bicyclic) bond motifs is 1. The maximum Gasteiger partial charge on any atom is 0.205 e. The number of aryl methyl sites for hydroxylation is 2. The number of anilines is 1. The van der Waals surface area contributed by atoms with Crippen molar-refractivity contribution in [2.45, 2.75) is 43.6 Å². The monoisotopic (exact) mass is 326 g/mol. The van der Waals surface area contributed by atoms with E-state index in [2.05, 4.69) is 21.4 Å². The summed E-state index contributed by atoms with van der Waals surface area (Å²) in [4.78, 5) is 13.8. The third-order valence-corrected chi connectivity index (χ3v) is 4.73. The maximum atomic E-state index is 5.63. The van der Waals surface area contributed by atoms with Crippen LogP contribution in [-0.4, -0.2) is 21.0 Å². The second-order valence-electron chi connectivity index (χ2n) is 5.83. The minimum absolute atomic E-state index is 0.559. The zero-order chi connectivity index (χ0) is 15.8. The van der Waals surface area contributed by atoms with Gasteiger partial charge in [0.05, 0.1) is 17.0 Å². The summed E-state index contributed by atoms with van der Waals surface area (Å²) in [7, 11) is 0. The fourth-order valence-corrected chi connectivity index (χ4v) is 3.07. The number of nitrogens with one attached hydrogen (secondary N) is 1. The molecule has 1 fully saturated rings. The molecule has 0 unspecified atom stereocenters. The van der Waals surface area contributed by atoms with Crippen molar-refractivity contribution in [1.29, 1.82) is 0 Å². The van der Waals surface area contributed by atoms with Gasteiger partial charge in [0, 0.05) is 11.4 Å². The Morgan fingerprint density at radius 3 is 2.74 bits per heavy atom. The van der Waals surface area contributed by atoms with Gasteiger partial charge in [0.15, 0.2) is 5.16 Å². The van der Waals surface area contributed by atoms with Gasteiger partial charge < -0.3 is 9.73 Å². The van der Waals surface area contributed by atoms with Gasteiger partial charge in [-0.05, 0) is 38.8 Å². The molecule has 1 aliphatic carbocycles. The lowest BCUT2D eigenvalue weighted by Gasteiger charge is -2.09. The molecule has 2 heterocycles. The molecule has 1 aliphatic rings. The summed E-state index contributed by atoms with van der Waals surface area (Å²) >= 11 is 1.55. The largest absolute Gasteiger partial charge is 0.445 e. The van der Waals surface area contributed by atoms with E-state index >= 15 is 0 Å². The van der Waals surface area contributed by atoms with Crippen molar-refractivity contribution in [3.63, 3.8) is 0 Å². The van der Waals surface area contributed by atoms with Gasteiger partial charge in [-0.2, -0.15) is 0 Å². The van der Waals surface area contributed by atoms with E-state index in [-0.39, 0.29) is 0 Å². The molecule has 0 saturated heterocycles. The number of thioether (sulfide) groups is 1. The van der Waals surface area contributed by atoms with E-state index < -0.39 is 0 Å². The summed E-state index contributed by atoms with van der Waals surface area (Å²) in [6.07, 6.45) is 2.44. The number of rotatable bonds is 5. The summed E-state index contributed by atoms with van der Waals surface area (Å²) in [5, 5.41) is 5.33. The van der Waals surface area contributed by atoms with Crippen molar-refractivity contribution in [2.24, 2.45) is 0 Å². The molecule has 0 radical (unpaired) electrons. The minimum Gasteiger partial charge on any atom is -0.445 e. The number of aromatic nitrogens is 3. The fraction of sp³-hybridized carbons (Fsp3) is 0.353. The van der Waals surface area contributed by atoms with Crippen LogP contribution in [0.2, 0.25) is 0 Å². The molecular formula is C17H18N4OS. The van der Waals surface area contributed by atoms with Crippen LogP contribution in [0.3, 0.4) is 0 Å². The predicted molar refractivity (Wildman–Crippen MR) is 91.7 cm³/mol. The standard InChI is InChI=1S/C17H18N4OS/c1-10-11(2)22-15(18-10)9-23-17-20-14-6-4-3-5-13(14)16(21-17)19-12-7-8-12/h3-6,12H,7-9H2,1-2H3,(H,19,20,21). The van der Waals surface area contributed by atoms with Crippen LogP contribution >= 0.6 is 11.8 Å². The van der Waals surface area contributed by atoms with Crippen LogP contribution < -0.4 is 5.32 Å². The second kappa shape index (κ2) is 5.85. The van der Waals surface area contributed by atoms with Crippen LogP contribution in [-0.2, 0) is 5.75 Å². The molecule has 0 atom stereocenters. The SMILES string of the molecule is Cc1nc(CSc2nc(NC3CC3)c3ccccc3n2)oc1C. The summed E-state index contributed by atoms with van der Waals surface area (Å²) < 4.78 is 5.63. The molecule has 2 aromatic heterocycles. The Morgan fingerprint density at radius 1 is 1.17 bits per heavy atom. The summed E-state index contributed by atoms with van der Waals surface area (Å²) in [6, 6.07) is 8.68. The Bertz CT molecular complexity index is 837. The van der Waals surface area contributed by atoms with E-state index in [1.165, 1.54) is 12.8 Å². The smallest absolute Gasteiger partial charge is 0.205 e. The van der Waals surface area contributed by atoms with Crippen molar-refractivity contribution in [1.82, 2.24) is 15.0 Å². The summed E-state index contributed by atoms with van der Waals surface area (Å²) in [6.45, 7) is 3.89. The Morgan fingerprint density at radius 2 is 2.00 bits per heavy atom. The number of oxazole rings is 1. The lowest BCUT2D eigenvalue weighted by atomic mass is 10.2. The van der Waals surface area contributed by atoms with Gasteiger partial charge in [0.2, 0.25) is 5.89 Å². The van der Waals surface area contributed by atoms with E-state index in [4.69, 9.17) is 9.40 Å². The average molecular weight is 326 g/mol. The predicted octanol–water partition coefficient (Wildman–Crippen LogP) is 4.10. The molecule has 23 heavy (non-hydrogen) atoms. The number of nitrogens with zero attached hydrogens (tertiary/aromatic N) is 3. The van der Waals surface area contributed by atoms with Crippen LogP contribution in [0.25, 0.3) is 10.9 Å². The summed E-state index contributed by atoms with van der Waals surface area (Å²) in [5.41, 5.74) is 1.91. The van der Waals surface area contributed by atoms with E-state index in [9.17, 15) is 0 Å². The van der Waals surface area contributed by atoms with Crippen molar-refractivity contribution in [2.75, 3.05) is 5.32 Å². The van der Waals surface area contributed by atoms with E-state index in [1.807, 2.05) is 32.0 Å². The highest BCUT2D eigenvalue weighted by Crippen LogP contribution is 2.30. The Hall–Kier alpha value is -2.08. The maximum absolute atomic E-state index is 5.63. The molecule has 0 bridgehead atoms. The highest BCUT2D eigenvalue weighted by Gasteiger charge is 2.22. The zero-order valence-corrected chi connectivity index (χ0v) is 14.0. The van der Waals surface area contributed by atoms with E-state index in [0.717, 1.165) is 39.2 Å². The second-order valence-corrected chi connectivity index (χ2v) is 6.77. The Kier molecular flexibility index (Phi) is 3.69. The normalized spacial score (nSPS) is 14.3. The third kappa shape index (κ3) is 3.17. The minimum atomic E-state index is 0.559. The highest BCUT2D eigenvalue weighted by atomic mass is 32.2. The summed E-state index contributed by atoms with van der Waals surface area (Å²) in [5.74, 6) is 3.16. The molecule has 6 heteroatoms. The molecule has 1 aromatic carbocycles. The van der Waals surface area contributed by atoms with Crippen molar-refractivity contribution < 1.29 is 4.42 Å². The molecule has 118 valence electrons. The lowest BCUT2D eigenvalue weighted by Crippen LogP contribution is -2.05. The van der Waals surface area contributed by atoms with Crippen molar-refractivity contribution >= 4 is 28.5 Å². The molecule has 4 rings (SSSR count).